The Kier molecular flexibility index (Phi) is 3.92. The van der Waals surface area contributed by atoms with E-state index in [0.29, 0.717) is 11.7 Å². The molecule has 1 unspecified atom stereocenters. The minimum atomic E-state index is -0.825. The van der Waals surface area contributed by atoms with Crippen molar-refractivity contribution in [2.45, 2.75) is 32.2 Å². The molecule has 21 heavy (non-hydrogen) atoms. The van der Waals surface area contributed by atoms with Crippen LogP contribution in [0.15, 0.2) is 29.6 Å². The third-order valence-electron chi connectivity index (χ3n) is 3.85. The normalized spacial score (nSPS) is 17.0. The molecule has 3 rings (SSSR count). The molecule has 5 heteroatoms. The lowest BCUT2D eigenvalue weighted by Crippen LogP contribution is -2.31. The van der Waals surface area contributed by atoms with Crippen LogP contribution < -0.4 is 4.90 Å². The van der Waals surface area contributed by atoms with Crippen LogP contribution in [0.5, 0.6) is 0 Å². The van der Waals surface area contributed by atoms with Crippen LogP contribution >= 0.6 is 11.3 Å². The lowest BCUT2D eigenvalue weighted by atomic mass is 10.1. The number of thiazole rings is 1. The maximum Gasteiger partial charge on any atom is 0.309 e. The number of aromatic nitrogens is 1. The molecule has 0 radical (unpaired) electrons. The molecular formula is C16H18N2O2S. The summed E-state index contributed by atoms with van der Waals surface area (Å²) in [4.78, 5) is 17.5. The molecule has 1 aromatic heterocycles. The first kappa shape index (κ1) is 14.1. The van der Waals surface area contributed by atoms with Gasteiger partial charge >= 0.3 is 5.97 Å². The van der Waals surface area contributed by atoms with Crippen molar-refractivity contribution in [3.63, 3.8) is 0 Å². The summed E-state index contributed by atoms with van der Waals surface area (Å²) in [5, 5.41) is 11.6. The van der Waals surface area contributed by atoms with Gasteiger partial charge in [0.1, 0.15) is 0 Å². The van der Waals surface area contributed by atoms with Crippen LogP contribution in [0.4, 0.5) is 5.69 Å². The average molecular weight is 302 g/mol. The highest BCUT2D eigenvalue weighted by Crippen LogP contribution is 2.31. The number of carbonyl (C=O) groups is 1. The van der Waals surface area contributed by atoms with Gasteiger partial charge in [0.2, 0.25) is 0 Å². The van der Waals surface area contributed by atoms with E-state index < -0.39 is 5.97 Å². The number of rotatable bonds is 5. The summed E-state index contributed by atoms with van der Waals surface area (Å²) in [7, 11) is 0. The molecule has 1 aliphatic rings. The van der Waals surface area contributed by atoms with E-state index in [2.05, 4.69) is 41.1 Å². The van der Waals surface area contributed by atoms with Gasteiger partial charge in [-0.15, -0.1) is 11.3 Å². The predicted molar refractivity (Wildman–Crippen MR) is 84.1 cm³/mol. The summed E-state index contributed by atoms with van der Waals surface area (Å²) in [6, 6.07) is 9.06. The summed E-state index contributed by atoms with van der Waals surface area (Å²) < 4.78 is 0. The fourth-order valence-corrected chi connectivity index (χ4v) is 3.67. The second-order valence-electron chi connectivity index (χ2n) is 5.43. The molecule has 4 nitrogen and oxygen atoms in total. The average Bonchev–Trinajstić information content (AvgIpc) is 2.99. The molecule has 0 bridgehead atoms. The maximum atomic E-state index is 10.7. The number of benzene rings is 1. The molecule has 1 aliphatic heterocycles. The lowest BCUT2D eigenvalue weighted by molar-refractivity contribution is -0.136. The minimum Gasteiger partial charge on any atom is -0.481 e. The number of aliphatic carboxylic acids is 1. The molecule has 0 amide bonds. The standard InChI is InChI=1S/C16H18N2O2S/c1-11-8-12-4-2-3-5-14(12)18(11)7-6-15-17-13(10-21-15)9-16(19)20/h2-5,10-11H,6-9H2,1H3,(H,19,20). The Balaban J connectivity index is 1.65. The van der Waals surface area contributed by atoms with Crippen molar-refractivity contribution in [2.24, 2.45) is 0 Å². The van der Waals surface area contributed by atoms with E-state index in [4.69, 9.17) is 5.11 Å². The van der Waals surface area contributed by atoms with E-state index in [1.54, 1.807) is 11.3 Å². The SMILES string of the molecule is CC1Cc2ccccc2N1CCc1nc(CC(=O)O)cs1. The highest BCUT2D eigenvalue weighted by atomic mass is 32.1. The van der Waals surface area contributed by atoms with Crippen molar-refractivity contribution in [1.82, 2.24) is 4.98 Å². The summed E-state index contributed by atoms with van der Waals surface area (Å²) in [5.74, 6) is -0.825. The second-order valence-corrected chi connectivity index (χ2v) is 6.37. The number of nitrogens with zero attached hydrogens (tertiary/aromatic N) is 2. The van der Waals surface area contributed by atoms with Crippen molar-refractivity contribution >= 4 is 23.0 Å². The first-order valence-corrected chi connectivity index (χ1v) is 8.01. The second kappa shape index (κ2) is 5.85. The molecule has 2 heterocycles. The number of carboxylic acids is 1. The van der Waals surface area contributed by atoms with Gasteiger partial charge in [0, 0.05) is 30.1 Å². The van der Waals surface area contributed by atoms with E-state index in [1.807, 2.05) is 5.38 Å². The Morgan fingerprint density at radius 1 is 1.48 bits per heavy atom. The van der Waals surface area contributed by atoms with Crippen LogP contribution in [-0.4, -0.2) is 28.6 Å². The molecule has 0 fully saturated rings. The van der Waals surface area contributed by atoms with Crippen molar-refractivity contribution in [2.75, 3.05) is 11.4 Å². The zero-order valence-corrected chi connectivity index (χ0v) is 12.8. The van der Waals surface area contributed by atoms with Gasteiger partial charge in [-0.05, 0) is 25.0 Å². The van der Waals surface area contributed by atoms with Crippen molar-refractivity contribution in [3.05, 3.63) is 45.9 Å². The molecule has 0 saturated carbocycles. The molecule has 1 N–H and O–H groups in total. The Morgan fingerprint density at radius 2 is 2.29 bits per heavy atom. The van der Waals surface area contributed by atoms with E-state index >= 15 is 0 Å². The van der Waals surface area contributed by atoms with Crippen LogP contribution in [-0.2, 0) is 24.1 Å². The van der Waals surface area contributed by atoms with Gasteiger partial charge in [0.15, 0.2) is 0 Å². The predicted octanol–water partition coefficient (Wildman–Crippen LogP) is 2.76. The highest BCUT2D eigenvalue weighted by Gasteiger charge is 2.25. The van der Waals surface area contributed by atoms with Gasteiger partial charge < -0.3 is 10.0 Å². The Morgan fingerprint density at radius 3 is 3.10 bits per heavy atom. The fourth-order valence-electron chi connectivity index (χ4n) is 2.89. The zero-order chi connectivity index (χ0) is 14.8. The molecule has 0 aliphatic carbocycles. The zero-order valence-electron chi connectivity index (χ0n) is 12.0. The fraction of sp³-hybridized carbons (Fsp3) is 0.375. The van der Waals surface area contributed by atoms with Crippen LogP contribution in [0.25, 0.3) is 0 Å². The number of para-hydroxylation sites is 1. The minimum absolute atomic E-state index is 0.0133. The Labute approximate surface area is 128 Å². The Bertz CT molecular complexity index is 653. The molecule has 0 spiro atoms. The van der Waals surface area contributed by atoms with Crippen molar-refractivity contribution in [3.8, 4) is 0 Å². The first-order valence-electron chi connectivity index (χ1n) is 7.13. The van der Waals surface area contributed by atoms with Crippen LogP contribution in [0.1, 0.15) is 23.2 Å². The van der Waals surface area contributed by atoms with Gasteiger partial charge in [-0.1, -0.05) is 18.2 Å². The van der Waals surface area contributed by atoms with Crippen molar-refractivity contribution in [1.29, 1.82) is 0 Å². The van der Waals surface area contributed by atoms with Gasteiger partial charge in [0.05, 0.1) is 17.1 Å². The maximum absolute atomic E-state index is 10.7. The largest absolute Gasteiger partial charge is 0.481 e. The van der Waals surface area contributed by atoms with Gasteiger partial charge in [0.25, 0.3) is 0 Å². The quantitative estimate of drug-likeness (QED) is 0.922. The summed E-state index contributed by atoms with van der Waals surface area (Å²) >= 11 is 1.56. The summed E-state index contributed by atoms with van der Waals surface area (Å²) in [5.41, 5.74) is 3.40. The van der Waals surface area contributed by atoms with Crippen LogP contribution in [0.2, 0.25) is 0 Å². The van der Waals surface area contributed by atoms with E-state index in [1.165, 1.54) is 11.3 Å². The van der Waals surface area contributed by atoms with E-state index in [9.17, 15) is 4.79 Å². The third kappa shape index (κ3) is 3.08. The number of anilines is 1. The number of hydrogen-bond donors (Lipinski definition) is 1. The van der Waals surface area contributed by atoms with Crippen molar-refractivity contribution < 1.29 is 9.90 Å². The monoisotopic (exact) mass is 302 g/mol. The lowest BCUT2D eigenvalue weighted by Gasteiger charge is -2.24. The molecule has 1 aromatic carbocycles. The molecule has 1 atom stereocenters. The number of carboxylic acid groups (broad SMARTS) is 1. The first-order chi connectivity index (χ1) is 10.1. The van der Waals surface area contributed by atoms with Gasteiger partial charge in [-0.3, -0.25) is 4.79 Å². The number of hydrogen-bond acceptors (Lipinski definition) is 4. The molecule has 2 aromatic rings. The molecule has 0 saturated heterocycles. The van der Waals surface area contributed by atoms with E-state index in [0.717, 1.165) is 24.4 Å². The molecule has 110 valence electrons. The third-order valence-corrected chi connectivity index (χ3v) is 4.80. The topological polar surface area (TPSA) is 53.4 Å². The highest BCUT2D eigenvalue weighted by molar-refractivity contribution is 7.09. The summed E-state index contributed by atoms with van der Waals surface area (Å²) in [6.07, 6.45) is 1.97. The van der Waals surface area contributed by atoms with Gasteiger partial charge in [-0.25, -0.2) is 4.98 Å². The number of fused-ring (bicyclic) bond motifs is 1. The smallest absolute Gasteiger partial charge is 0.309 e. The molecular weight excluding hydrogens is 284 g/mol. The van der Waals surface area contributed by atoms with E-state index in [-0.39, 0.29) is 6.42 Å². The van der Waals surface area contributed by atoms with Crippen LogP contribution in [0.3, 0.4) is 0 Å². The van der Waals surface area contributed by atoms with Gasteiger partial charge in [-0.2, -0.15) is 0 Å². The Hall–Kier alpha value is -1.88. The van der Waals surface area contributed by atoms with Crippen LogP contribution in [0, 0.1) is 0 Å². The summed E-state index contributed by atoms with van der Waals surface area (Å²) in [6.45, 7) is 3.18.